The monoisotopic (exact) mass is 545 g/mol. The average Bonchev–Trinajstić information content (AvgIpc) is 3.39. The normalized spacial score (nSPS) is 14.0. The third-order valence-electron chi connectivity index (χ3n) is 5.81. The topological polar surface area (TPSA) is 79.3 Å². The largest absolute Gasteiger partial charge is 0.416 e. The van der Waals surface area contributed by atoms with Crippen LogP contribution in [0.15, 0.2) is 48.1 Å². The van der Waals surface area contributed by atoms with Gasteiger partial charge in [-0.1, -0.05) is 0 Å². The summed E-state index contributed by atoms with van der Waals surface area (Å²) in [7, 11) is 3.36. The van der Waals surface area contributed by atoms with Crippen LogP contribution >= 0.6 is 11.3 Å². The van der Waals surface area contributed by atoms with Crippen LogP contribution in [0.5, 0.6) is 0 Å². The van der Waals surface area contributed by atoms with Crippen molar-refractivity contribution in [1.82, 2.24) is 19.9 Å². The number of halogens is 4. The fourth-order valence-corrected chi connectivity index (χ4v) is 4.59. The van der Waals surface area contributed by atoms with Gasteiger partial charge in [0, 0.05) is 43.9 Å². The van der Waals surface area contributed by atoms with Gasteiger partial charge in [-0.15, -0.1) is 11.3 Å². The first-order valence-electron chi connectivity index (χ1n) is 11.6. The highest BCUT2D eigenvalue weighted by molar-refractivity contribution is 7.13. The molecule has 5 rings (SSSR count). The fourth-order valence-electron chi connectivity index (χ4n) is 3.84. The van der Waals surface area contributed by atoms with Gasteiger partial charge in [0.15, 0.2) is 22.5 Å². The molecule has 1 saturated heterocycles. The molecule has 1 N–H and O–H groups in total. The molecule has 0 bridgehead atoms. The molecule has 0 amide bonds. The minimum atomic E-state index is -4.47. The third-order valence-corrected chi connectivity index (χ3v) is 6.65. The highest BCUT2D eigenvalue weighted by atomic mass is 32.1. The number of nitrogens with one attached hydrogen (secondary N) is 1. The Hall–Kier alpha value is -3.84. The predicted octanol–water partition coefficient (Wildman–Crippen LogP) is 5.47. The number of morpholine rings is 1. The Morgan fingerprint density at radius 1 is 0.974 bits per heavy atom. The molecule has 1 aliphatic rings. The minimum Gasteiger partial charge on any atom is -0.378 e. The first-order chi connectivity index (χ1) is 18.2. The second-order valence-electron chi connectivity index (χ2n) is 8.72. The van der Waals surface area contributed by atoms with Crippen molar-refractivity contribution in [3.63, 3.8) is 0 Å². The Morgan fingerprint density at radius 2 is 1.76 bits per heavy atom. The number of ether oxygens (including phenoxy) is 1. The number of thiazole rings is 1. The molecule has 0 saturated carbocycles. The van der Waals surface area contributed by atoms with Crippen molar-refractivity contribution in [1.29, 1.82) is 0 Å². The van der Waals surface area contributed by atoms with Gasteiger partial charge in [0.05, 0.1) is 42.6 Å². The van der Waals surface area contributed by atoms with Crippen LogP contribution in [0.3, 0.4) is 0 Å². The SMILES string of the molecule is CN(C)c1cc(Nc2ccc(-c3csc(-c4ncc(F)c(N5CCOCC5)n4)n3)nc2)cc(C(F)(F)F)c1. The van der Waals surface area contributed by atoms with Crippen LogP contribution in [0.25, 0.3) is 22.2 Å². The van der Waals surface area contributed by atoms with Gasteiger partial charge >= 0.3 is 6.18 Å². The average molecular weight is 546 g/mol. The molecule has 4 aromatic rings. The van der Waals surface area contributed by atoms with Gasteiger partial charge < -0.3 is 19.9 Å². The number of hydrogen-bond acceptors (Lipinski definition) is 9. The van der Waals surface area contributed by atoms with Gasteiger partial charge in [-0.25, -0.2) is 19.3 Å². The molecule has 0 radical (unpaired) electrons. The maximum absolute atomic E-state index is 14.4. The zero-order valence-electron chi connectivity index (χ0n) is 20.5. The van der Waals surface area contributed by atoms with E-state index in [-0.39, 0.29) is 5.82 Å². The number of nitrogens with zero attached hydrogens (tertiary/aromatic N) is 6. The number of benzene rings is 1. The number of hydrogen-bond donors (Lipinski definition) is 1. The predicted molar refractivity (Wildman–Crippen MR) is 138 cm³/mol. The van der Waals surface area contributed by atoms with Crippen LogP contribution in [-0.4, -0.2) is 60.3 Å². The first-order valence-corrected chi connectivity index (χ1v) is 12.5. The van der Waals surface area contributed by atoms with Crippen molar-refractivity contribution in [3.05, 3.63) is 59.5 Å². The van der Waals surface area contributed by atoms with E-state index in [1.165, 1.54) is 17.5 Å². The second-order valence-corrected chi connectivity index (χ2v) is 9.58. The standard InChI is InChI=1S/C25H23F4N7OS/c1-35(2)18-10-15(25(27,28)29)9-17(11-18)32-16-3-4-20(30-12-16)21-14-38-24(33-21)22-31-13-19(26)23(34-22)36-5-7-37-8-6-36/h3-4,9-14,32H,5-8H2,1-2H3. The molecule has 13 heteroatoms. The van der Waals surface area contributed by atoms with Crippen LogP contribution < -0.4 is 15.1 Å². The Kier molecular flexibility index (Phi) is 7.13. The summed E-state index contributed by atoms with van der Waals surface area (Å²) >= 11 is 1.31. The number of aromatic nitrogens is 4. The smallest absolute Gasteiger partial charge is 0.378 e. The van der Waals surface area contributed by atoms with Crippen molar-refractivity contribution in [2.24, 2.45) is 0 Å². The lowest BCUT2D eigenvalue weighted by Gasteiger charge is -2.27. The van der Waals surface area contributed by atoms with E-state index in [1.54, 1.807) is 42.6 Å². The van der Waals surface area contributed by atoms with Crippen LogP contribution in [0, 0.1) is 5.82 Å². The van der Waals surface area contributed by atoms with E-state index in [0.717, 1.165) is 18.3 Å². The van der Waals surface area contributed by atoms with E-state index >= 15 is 0 Å². The van der Waals surface area contributed by atoms with Gasteiger partial charge in [-0.2, -0.15) is 13.2 Å². The van der Waals surface area contributed by atoms with E-state index in [1.807, 2.05) is 4.90 Å². The third kappa shape index (κ3) is 5.68. The molecule has 1 aliphatic heterocycles. The van der Waals surface area contributed by atoms with Gasteiger partial charge in [-0.05, 0) is 30.3 Å². The molecule has 198 valence electrons. The molecule has 3 aromatic heterocycles. The number of alkyl halides is 3. The molecule has 0 spiro atoms. The zero-order valence-corrected chi connectivity index (χ0v) is 21.3. The molecule has 0 aliphatic carbocycles. The van der Waals surface area contributed by atoms with E-state index in [2.05, 4.69) is 25.3 Å². The lowest BCUT2D eigenvalue weighted by molar-refractivity contribution is -0.137. The van der Waals surface area contributed by atoms with Crippen molar-refractivity contribution >= 4 is 34.2 Å². The molecule has 8 nitrogen and oxygen atoms in total. The molecule has 1 fully saturated rings. The van der Waals surface area contributed by atoms with Crippen molar-refractivity contribution in [3.8, 4) is 22.2 Å². The summed E-state index contributed by atoms with van der Waals surface area (Å²) in [5.74, 6) is 0.0231. The molecule has 0 unspecified atom stereocenters. The summed E-state index contributed by atoms with van der Waals surface area (Å²) < 4.78 is 59.8. The summed E-state index contributed by atoms with van der Waals surface area (Å²) in [5.41, 5.74) is 1.62. The Labute approximate surface area is 220 Å². The minimum absolute atomic E-state index is 0.218. The maximum atomic E-state index is 14.4. The number of rotatable bonds is 6. The zero-order chi connectivity index (χ0) is 26.9. The highest BCUT2D eigenvalue weighted by Crippen LogP contribution is 2.35. The number of anilines is 4. The van der Waals surface area contributed by atoms with Crippen molar-refractivity contribution < 1.29 is 22.3 Å². The van der Waals surface area contributed by atoms with Crippen LogP contribution in [0.1, 0.15) is 5.56 Å². The second kappa shape index (κ2) is 10.5. The van der Waals surface area contributed by atoms with Gasteiger partial charge in [0.1, 0.15) is 5.69 Å². The lowest BCUT2D eigenvalue weighted by atomic mass is 10.1. The summed E-state index contributed by atoms with van der Waals surface area (Å²) in [6, 6.07) is 7.21. The molecular formula is C25H23F4N7OS. The molecule has 0 atom stereocenters. The summed E-state index contributed by atoms with van der Waals surface area (Å²) in [6.45, 7) is 2.08. The van der Waals surface area contributed by atoms with Crippen molar-refractivity contribution in [2.75, 3.05) is 55.5 Å². The molecule has 4 heterocycles. The maximum Gasteiger partial charge on any atom is 0.416 e. The number of pyridine rings is 1. The van der Waals surface area contributed by atoms with E-state index in [4.69, 9.17) is 4.74 Å². The Morgan fingerprint density at radius 3 is 2.45 bits per heavy atom. The van der Waals surface area contributed by atoms with Crippen molar-refractivity contribution in [2.45, 2.75) is 6.18 Å². The van der Waals surface area contributed by atoms with Gasteiger partial charge in [0.25, 0.3) is 0 Å². The van der Waals surface area contributed by atoms with Gasteiger partial charge in [0.2, 0.25) is 0 Å². The molecular weight excluding hydrogens is 522 g/mol. The molecule has 1 aromatic carbocycles. The Bertz CT molecular complexity index is 1420. The van der Waals surface area contributed by atoms with E-state index in [0.29, 0.717) is 65.6 Å². The fraction of sp³-hybridized carbons (Fsp3) is 0.280. The van der Waals surface area contributed by atoms with Crippen LogP contribution in [-0.2, 0) is 10.9 Å². The Balaban J connectivity index is 1.34. The lowest BCUT2D eigenvalue weighted by Crippen LogP contribution is -2.37. The molecule has 38 heavy (non-hydrogen) atoms. The quantitative estimate of drug-likeness (QED) is 0.320. The van der Waals surface area contributed by atoms with E-state index < -0.39 is 17.6 Å². The van der Waals surface area contributed by atoms with E-state index in [9.17, 15) is 17.6 Å². The summed E-state index contributed by atoms with van der Waals surface area (Å²) in [5, 5.41) is 5.29. The summed E-state index contributed by atoms with van der Waals surface area (Å²) in [4.78, 5) is 20.9. The van der Waals surface area contributed by atoms with Gasteiger partial charge in [-0.3, -0.25) is 4.98 Å². The van der Waals surface area contributed by atoms with Crippen LogP contribution in [0.2, 0.25) is 0 Å². The van der Waals surface area contributed by atoms with Crippen LogP contribution in [0.4, 0.5) is 40.4 Å². The summed E-state index contributed by atoms with van der Waals surface area (Å²) in [6.07, 6.45) is -1.80. The first kappa shape index (κ1) is 25.8. The highest BCUT2D eigenvalue weighted by Gasteiger charge is 2.31.